The molecule has 1 aromatic carbocycles. The van der Waals surface area contributed by atoms with Crippen LogP contribution in [0, 0.1) is 5.92 Å². The number of hydrogen-bond acceptors (Lipinski definition) is 6. The Morgan fingerprint density at radius 3 is 2.87 bits per heavy atom. The molecule has 31 heavy (non-hydrogen) atoms. The summed E-state index contributed by atoms with van der Waals surface area (Å²) in [6.45, 7) is 2.31. The number of carbonyl (C=O) groups excluding carboxylic acids is 1. The minimum absolute atomic E-state index is 0.0293. The minimum Gasteiger partial charge on any atom is -0.382 e. The van der Waals surface area contributed by atoms with Crippen molar-refractivity contribution in [1.82, 2.24) is 24.9 Å². The number of nitrogen functional groups attached to an aromatic ring is 1. The molecular formula is C22H23ClN6OS. The van der Waals surface area contributed by atoms with Crippen LogP contribution >= 0.6 is 22.9 Å². The minimum atomic E-state index is 0.0293. The van der Waals surface area contributed by atoms with Gasteiger partial charge in [-0.2, -0.15) is 5.10 Å². The van der Waals surface area contributed by atoms with Gasteiger partial charge in [-0.05, 0) is 49.1 Å². The van der Waals surface area contributed by atoms with Crippen molar-refractivity contribution in [3.8, 4) is 10.6 Å². The van der Waals surface area contributed by atoms with Gasteiger partial charge in [0.25, 0.3) is 0 Å². The van der Waals surface area contributed by atoms with Gasteiger partial charge >= 0.3 is 0 Å². The lowest BCUT2D eigenvalue weighted by atomic mass is 9.81. The molecule has 0 aliphatic heterocycles. The second-order valence-electron chi connectivity index (χ2n) is 8.15. The molecule has 0 saturated heterocycles. The first-order chi connectivity index (χ1) is 15.0. The highest BCUT2D eigenvalue weighted by Crippen LogP contribution is 2.42. The monoisotopic (exact) mass is 454 g/mol. The number of amides is 1. The maximum atomic E-state index is 11.2. The molecule has 0 bridgehead atoms. The van der Waals surface area contributed by atoms with Crippen LogP contribution < -0.4 is 11.1 Å². The fraction of sp³-hybridized carbons (Fsp3) is 0.364. The number of carbonyl (C=O) groups is 1. The van der Waals surface area contributed by atoms with Gasteiger partial charge in [-0.25, -0.2) is 14.5 Å². The SMILES string of the molecule is CC(=O)NC[C@H]1CC[C@H](c2nc(-c3cc4cccc(Cl)c4s3)c3c(N)ncnn32)CC1. The summed E-state index contributed by atoms with van der Waals surface area (Å²) >= 11 is 8.01. The number of halogens is 1. The van der Waals surface area contributed by atoms with Crippen LogP contribution in [0.1, 0.15) is 44.3 Å². The third kappa shape index (κ3) is 3.74. The molecular weight excluding hydrogens is 432 g/mol. The lowest BCUT2D eigenvalue weighted by Crippen LogP contribution is -2.29. The van der Waals surface area contributed by atoms with Crippen molar-refractivity contribution in [2.75, 3.05) is 12.3 Å². The van der Waals surface area contributed by atoms with Crippen molar-refractivity contribution in [3.05, 3.63) is 41.4 Å². The van der Waals surface area contributed by atoms with Crippen molar-refractivity contribution in [1.29, 1.82) is 0 Å². The molecule has 5 rings (SSSR count). The summed E-state index contributed by atoms with van der Waals surface area (Å²) in [5, 5.41) is 9.26. The van der Waals surface area contributed by atoms with Gasteiger partial charge in [0, 0.05) is 19.4 Å². The van der Waals surface area contributed by atoms with E-state index in [1.54, 1.807) is 18.3 Å². The zero-order valence-corrected chi connectivity index (χ0v) is 18.7. The number of nitrogens with two attached hydrogens (primary N) is 1. The summed E-state index contributed by atoms with van der Waals surface area (Å²) in [5.74, 6) is 2.19. The van der Waals surface area contributed by atoms with Gasteiger partial charge in [0.2, 0.25) is 5.91 Å². The number of aromatic nitrogens is 4. The number of nitrogens with zero attached hydrogens (tertiary/aromatic N) is 4. The van der Waals surface area contributed by atoms with Gasteiger partial charge in [0.05, 0.1) is 14.6 Å². The first-order valence-corrected chi connectivity index (χ1v) is 11.6. The van der Waals surface area contributed by atoms with E-state index in [0.29, 0.717) is 17.7 Å². The lowest BCUT2D eigenvalue weighted by molar-refractivity contribution is -0.119. The van der Waals surface area contributed by atoms with E-state index in [9.17, 15) is 4.79 Å². The Morgan fingerprint density at radius 1 is 1.32 bits per heavy atom. The van der Waals surface area contributed by atoms with E-state index in [-0.39, 0.29) is 5.91 Å². The highest BCUT2D eigenvalue weighted by molar-refractivity contribution is 7.22. The van der Waals surface area contributed by atoms with Gasteiger partial charge in [-0.15, -0.1) is 11.3 Å². The van der Waals surface area contributed by atoms with Crippen LogP contribution in [-0.4, -0.2) is 32.0 Å². The predicted octanol–water partition coefficient (Wildman–Crippen LogP) is 4.65. The van der Waals surface area contributed by atoms with E-state index in [0.717, 1.165) is 69.2 Å². The number of benzene rings is 1. The summed E-state index contributed by atoms with van der Waals surface area (Å²) in [5.41, 5.74) is 7.84. The van der Waals surface area contributed by atoms with Crippen molar-refractivity contribution in [2.45, 2.75) is 38.5 Å². The van der Waals surface area contributed by atoms with E-state index < -0.39 is 0 Å². The van der Waals surface area contributed by atoms with Crippen molar-refractivity contribution < 1.29 is 4.79 Å². The molecule has 3 heterocycles. The predicted molar refractivity (Wildman–Crippen MR) is 124 cm³/mol. The molecule has 9 heteroatoms. The van der Waals surface area contributed by atoms with E-state index in [2.05, 4.69) is 27.5 Å². The van der Waals surface area contributed by atoms with E-state index >= 15 is 0 Å². The molecule has 0 radical (unpaired) electrons. The maximum Gasteiger partial charge on any atom is 0.216 e. The summed E-state index contributed by atoms with van der Waals surface area (Å²) in [6, 6.07) is 8.01. The van der Waals surface area contributed by atoms with Crippen molar-refractivity contribution in [3.63, 3.8) is 0 Å². The standard InChI is InChI=1S/C22H23ClN6OS/c1-12(30)25-10-13-5-7-14(8-6-13)22-28-18(19-21(24)26-11-27-29(19)22)17-9-15-3-2-4-16(23)20(15)31-17/h2-4,9,11,13-14H,5-8,10H2,1H3,(H,25,30)(H2,24,26,27)/t13-,14-. The molecule has 0 atom stereocenters. The third-order valence-corrected chi connectivity index (χ3v) is 7.68. The van der Waals surface area contributed by atoms with Crippen LogP contribution in [0.3, 0.4) is 0 Å². The molecule has 1 aliphatic carbocycles. The summed E-state index contributed by atoms with van der Waals surface area (Å²) in [4.78, 5) is 21.5. The Morgan fingerprint density at radius 2 is 2.13 bits per heavy atom. The first kappa shape index (κ1) is 20.2. The zero-order valence-electron chi connectivity index (χ0n) is 17.1. The molecule has 0 spiro atoms. The largest absolute Gasteiger partial charge is 0.382 e. The highest BCUT2D eigenvalue weighted by Gasteiger charge is 2.28. The summed E-state index contributed by atoms with van der Waals surface area (Å²) in [7, 11) is 0. The van der Waals surface area contributed by atoms with Gasteiger partial charge in [-0.3, -0.25) is 4.79 Å². The number of thiophene rings is 1. The molecule has 1 aliphatic rings. The van der Waals surface area contributed by atoms with Gasteiger partial charge in [0.15, 0.2) is 5.82 Å². The highest BCUT2D eigenvalue weighted by atomic mass is 35.5. The van der Waals surface area contributed by atoms with Crippen LogP contribution in [-0.2, 0) is 4.79 Å². The van der Waals surface area contributed by atoms with Crippen LogP contribution in [0.2, 0.25) is 5.02 Å². The normalized spacial score (nSPS) is 19.2. The van der Waals surface area contributed by atoms with E-state index in [1.165, 1.54) is 6.33 Å². The fourth-order valence-corrected chi connectivity index (χ4v) is 5.82. The number of hydrogen-bond donors (Lipinski definition) is 2. The lowest BCUT2D eigenvalue weighted by Gasteiger charge is -2.27. The maximum absolute atomic E-state index is 11.2. The molecule has 1 fully saturated rings. The molecule has 1 saturated carbocycles. The Labute approximate surface area is 188 Å². The number of anilines is 1. The third-order valence-electron chi connectivity index (χ3n) is 6.07. The second kappa shape index (κ2) is 8.09. The molecule has 7 nitrogen and oxygen atoms in total. The van der Waals surface area contributed by atoms with Crippen LogP contribution in [0.15, 0.2) is 30.6 Å². The summed E-state index contributed by atoms with van der Waals surface area (Å²) in [6.07, 6.45) is 5.60. The Hall–Kier alpha value is -2.71. The quantitative estimate of drug-likeness (QED) is 0.467. The van der Waals surface area contributed by atoms with Gasteiger partial charge in [-0.1, -0.05) is 23.7 Å². The Bertz CT molecular complexity index is 1270. The van der Waals surface area contributed by atoms with E-state index in [4.69, 9.17) is 22.3 Å². The number of imidazole rings is 1. The second-order valence-corrected chi connectivity index (χ2v) is 9.61. The van der Waals surface area contributed by atoms with E-state index in [1.807, 2.05) is 16.6 Å². The smallest absolute Gasteiger partial charge is 0.216 e. The summed E-state index contributed by atoms with van der Waals surface area (Å²) < 4.78 is 2.90. The van der Waals surface area contributed by atoms with Crippen LogP contribution in [0.5, 0.6) is 0 Å². The number of fused-ring (bicyclic) bond motifs is 2. The molecule has 4 aromatic rings. The van der Waals surface area contributed by atoms with Crippen LogP contribution in [0.4, 0.5) is 5.82 Å². The zero-order chi connectivity index (χ0) is 21.5. The Balaban J connectivity index is 1.51. The average molecular weight is 455 g/mol. The molecule has 3 N–H and O–H groups in total. The molecule has 0 unspecified atom stereocenters. The Kier molecular flexibility index (Phi) is 5.27. The van der Waals surface area contributed by atoms with Crippen molar-refractivity contribution in [2.24, 2.45) is 5.92 Å². The average Bonchev–Trinajstić information content (AvgIpc) is 3.36. The molecule has 160 valence electrons. The van der Waals surface area contributed by atoms with Crippen LogP contribution in [0.25, 0.3) is 26.2 Å². The topological polar surface area (TPSA) is 98.2 Å². The number of rotatable bonds is 4. The van der Waals surface area contributed by atoms with Gasteiger partial charge < -0.3 is 11.1 Å². The first-order valence-electron chi connectivity index (χ1n) is 10.4. The molecule has 1 amide bonds. The fourth-order valence-electron chi connectivity index (χ4n) is 4.47. The van der Waals surface area contributed by atoms with Crippen molar-refractivity contribution >= 4 is 50.3 Å². The molecule has 3 aromatic heterocycles. The number of nitrogens with one attached hydrogen (secondary N) is 1. The van der Waals surface area contributed by atoms with Gasteiger partial charge in [0.1, 0.15) is 23.4 Å².